The number of imidazole rings is 1. The molecule has 0 aliphatic carbocycles. The lowest BCUT2D eigenvalue weighted by Gasteiger charge is -2.04. The fraction of sp³-hybridized carbons (Fsp3) is 0.0714. The molecule has 0 spiro atoms. The van der Waals surface area contributed by atoms with Gasteiger partial charge in [-0.05, 0) is 24.3 Å². The SMILES string of the molecule is COC(=O)C(=O)/C=C(\O)c1ccc(-n2ccnc2)cc1. The lowest BCUT2D eigenvalue weighted by atomic mass is 10.1. The van der Waals surface area contributed by atoms with Crippen molar-refractivity contribution in [3.8, 4) is 5.69 Å². The van der Waals surface area contributed by atoms with Crippen LogP contribution in [0.4, 0.5) is 0 Å². The first-order chi connectivity index (χ1) is 9.61. The molecule has 2 rings (SSSR count). The third-order valence-electron chi connectivity index (χ3n) is 2.62. The van der Waals surface area contributed by atoms with E-state index >= 15 is 0 Å². The number of benzene rings is 1. The van der Waals surface area contributed by atoms with Crippen molar-refractivity contribution in [1.29, 1.82) is 0 Å². The van der Waals surface area contributed by atoms with Crippen molar-refractivity contribution in [1.82, 2.24) is 9.55 Å². The molecule has 0 unspecified atom stereocenters. The van der Waals surface area contributed by atoms with Crippen LogP contribution in [0.5, 0.6) is 0 Å². The molecular formula is C14H12N2O4. The minimum atomic E-state index is -1.02. The van der Waals surface area contributed by atoms with Gasteiger partial charge in [-0.25, -0.2) is 9.78 Å². The molecule has 0 aliphatic rings. The summed E-state index contributed by atoms with van der Waals surface area (Å²) in [6.07, 6.45) is 5.91. The highest BCUT2D eigenvalue weighted by Crippen LogP contribution is 2.15. The molecule has 0 aliphatic heterocycles. The predicted octanol–water partition coefficient (Wildman–Crippen LogP) is 1.51. The number of aliphatic hydroxyl groups excluding tert-OH is 1. The van der Waals surface area contributed by atoms with Crippen LogP contribution in [0.2, 0.25) is 0 Å². The second-order valence-electron chi connectivity index (χ2n) is 3.90. The number of nitrogens with zero attached hydrogens (tertiary/aromatic N) is 2. The molecule has 0 radical (unpaired) electrons. The van der Waals surface area contributed by atoms with E-state index in [1.807, 2.05) is 0 Å². The van der Waals surface area contributed by atoms with Crippen LogP contribution >= 0.6 is 0 Å². The van der Waals surface area contributed by atoms with E-state index in [4.69, 9.17) is 0 Å². The van der Waals surface area contributed by atoms with Gasteiger partial charge in [0.1, 0.15) is 5.76 Å². The van der Waals surface area contributed by atoms with Gasteiger partial charge in [0.25, 0.3) is 5.78 Å². The molecule has 0 bridgehead atoms. The molecule has 1 aromatic carbocycles. The van der Waals surface area contributed by atoms with Gasteiger partial charge in [0.05, 0.1) is 13.4 Å². The molecule has 0 atom stereocenters. The van der Waals surface area contributed by atoms with Crippen molar-refractivity contribution in [2.24, 2.45) is 0 Å². The van der Waals surface area contributed by atoms with Crippen LogP contribution in [-0.2, 0) is 14.3 Å². The largest absolute Gasteiger partial charge is 0.507 e. The van der Waals surface area contributed by atoms with Gasteiger partial charge >= 0.3 is 5.97 Å². The number of ether oxygens (including phenoxy) is 1. The highest BCUT2D eigenvalue weighted by Gasteiger charge is 2.12. The highest BCUT2D eigenvalue weighted by molar-refractivity contribution is 6.39. The zero-order valence-electron chi connectivity index (χ0n) is 10.7. The number of carbonyl (C=O) groups excluding carboxylic acids is 2. The van der Waals surface area contributed by atoms with E-state index in [2.05, 4.69) is 9.72 Å². The smallest absolute Gasteiger partial charge is 0.378 e. The van der Waals surface area contributed by atoms with Crippen molar-refractivity contribution in [3.63, 3.8) is 0 Å². The standard InChI is InChI=1S/C14H12N2O4/c1-20-14(19)13(18)8-12(17)10-2-4-11(5-3-10)16-7-6-15-9-16/h2-9,17H,1H3/b12-8-. The topological polar surface area (TPSA) is 81.4 Å². The summed E-state index contributed by atoms with van der Waals surface area (Å²) in [5, 5.41) is 9.77. The molecule has 0 fully saturated rings. The summed E-state index contributed by atoms with van der Waals surface area (Å²) in [6, 6.07) is 6.77. The van der Waals surface area contributed by atoms with Crippen LogP contribution in [0, 0.1) is 0 Å². The molecule has 6 nitrogen and oxygen atoms in total. The fourth-order valence-electron chi connectivity index (χ4n) is 1.58. The maximum absolute atomic E-state index is 11.3. The van der Waals surface area contributed by atoms with E-state index < -0.39 is 11.8 Å². The van der Waals surface area contributed by atoms with E-state index in [-0.39, 0.29) is 5.76 Å². The summed E-state index contributed by atoms with van der Waals surface area (Å²) in [5.74, 6) is -2.23. The van der Waals surface area contributed by atoms with Crippen LogP contribution < -0.4 is 0 Å². The zero-order valence-corrected chi connectivity index (χ0v) is 10.7. The third kappa shape index (κ3) is 2.92. The lowest BCUT2D eigenvalue weighted by Crippen LogP contribution is -2.13. The minimum Gasteiger partial charge on any atom is -0.507 e. The first-order valence-electron chi connectivity index (χ1n) is 5.73. The summed E-state index contributed by atoms with van der Waals surface area (Å²) in [4.78, 5) is 26.2. The molecule has 0 saturated carbocycles. The van der Waals surface area contributed by atoms with E-state index in [0.29, 0.717) is 5.56 Å². The number of carbonyl (C=O) groups is 2. The number of esters is 1. The number of aromatic nitrogens is 2. The molecule has 2 aromatic rings. The monoisotopic (exact) mass is 272 g/mol. The third-order valence-corrected chi connectivity index (χ3v) is 2.62. The number of hydrogen-bond donors (Lipinski definition) is 1. The Morgan fingerprint density at radius 3 is 2.55 bits per heavy atom. The van der Waals surface area contributed by atoms with Crippen molar-refractivity contribution in [2.45, 2.75) is 0 Å². The van der Waals surface area contributed by atoms with Gasteiger partial charge in [0.2, 0.25) is 0 Å². The Morgan fingerprint density at radius 1 is 1.30 bits per heavy atom. The molecular weight excluding hydrogens is 260 g/mol. The maximum atomic E-state index is 11.3. The van der Waals surface area contributed by atoms with E-state index in [9.17, 15) is 14.7 Å². The van der Waals surface area contributed by atoms with E-state index in [1.165, 1.54) is 0 Å². The van der Waals surface area contributed by atoms with Gasteiger partial charge in [-0.1, -0.05) is 0 Å². The number of aliphatic hydroxyl groups is 1. The van der Waals surface area contributed by atoms with Gasteiger partial charge in [0.15, 0.2) is 0 Å². The van der Waals surface area contributed by atoms with Gasteiger partial charge in [-0.2, -0.15) is 0 Å². The van der Waals surface area contributed by atoms with Gasteiger partial charge in [-0.3, -0.25) is 4.79 Å². The minimum absolute atomic E-state index is 0.294. The second-order valence-corrected chi connectivity index (χ2v) is 3.90. The van der Waals surface area contributed by atoms with Crippen molar-refractivity contribution >= 4 is 17.5 Å². The molecule has 20 heavy (non-hydrogen) atoms. The van der Waals surface area contributed by atoms with Crippen LogP contribution in [0.3, 0.4) is 0 Å². The van der Waals surface area contributed by atoms with Gasteiger partial charge in [0, 0.05) is 29.7 Å². The van der Waals surface area contributed by atoms with E-state index in [0.717, 1.165) is 18.9 Å². The first-order valence-corrected chi connectivity index (χ1v) is 5.73. The van der Waals surface area contributed by atoms with Crippen LogP contribution in [0.25, 0.3) is 11.4 Å². The molecule has 6 heteroatoms. The Balaban J connectivity index is 2.20. The average molecular weight is 272 g/mol. The van der Waals surface area contributed by atoms with Crippen LogP contribution in [0.1, 0.15) is 5.56 Å². The Morgan fingerprint density at radius 2 is 2.00 bits per heavy atom. The Hall–Kier alpha value is -2.89. The Kier molecular flexibility index (Phi) is 3.95. The summed E-state index contributed by atoms with van der Waals surface area (Å²) in [6.45, 7) is 0. The summed E-state index contributed by atoms with van der Waals surface area (Å²) in [5.41, 5.74) is 1.28. The van der Waals surface area contributed by atoms with Crippen molar-refractivity contribution < 1.29 is 19.4 Å². The lowest BCUT2D eigenvalue weighted by molar-refractivity contribution is -0.149. The number of hydrogen-bond acceptors (Lipinski definition) is 5. The summed E-state index contributed by atoms with van der Waals surface area (Å²) in [7, 11) is 1.10. The zero-order chi connectivity index (χ0) is 14.5. The molecule has 1 aromatic heterocycles. The Bertz CT molecular complexity index is 642. The van der Waals surface area contributed by atoms with E-state index in [1.54, 1.807) is 47.6 Å². The van der Waals surface area contributed by atoms with Crippen LogP contribution in [-0.4, -0.2) is 33.5 Å². The fourth-order valence-corrected chi connectivity index (χ4v) is 1.58. The summed E-state index contributed by atoms with van der Waals surface area (Å²) < 4.78 is 6.06. The first kappa shape index (κ1) is 13.5. The number of methoxy groups -OCH3 is 1. The molecule has 102 valence electrons. The highest BCUT2D eigenvalue weighted by atomic mass is 16.5. The van der Waals surface area contributed by atoms with Gasteiger partial charge < -0.3 is 14.4 Å². The number of ketones is 1. The molecule has 1 heterocycles. The second kappa shape index (κ2) is 5.83. The van der Waals surface area contributed by atoms with Gasteiger partial charge in [-0.15, -0.1) is 0 Å². The quantitative estimate of drug-likeness (QED) is 0.395. The predicted molar refractivity (Wildman–Crippen MR) is 71.2 cm³/mol. The average Bonchev–Trinajstić information content (AvgIpc) is 3.00. The normalized spacial score (nSPS) is 11.2. The summed E-state index contributed by atoms with van der Waals surface area (Å²) >= 11 is 0. The molecule has 1 N–H and O–H groups in total. The van der Waals surface area contributed by atoms with Crippen LogP contribution in [0.15, 0.2) is 49.1 Å². The maximum Gasteiger partial charge on any atom is 0.378 e. The molecule has 0 saturated heterocycles. The van der Waals surface area contributed by atoms with Crippen molar-refractivity contribution in [2.75, 3.05) is 7.11 Å². The van der Waals surface area contributed by atoms with Crippen molar-refractivity contribution in [3.05, 3.63) is 54.6 Å². The number of rotatable bonds is 4. The Labute approximate surface area is 114 Å². The molecule has 0 amide bonds.